The molecule has 0 radical (unpaired) electrons. The SMILES string of the molecule is Cc1nc(NC(C)c2cccc(S(N)(=O)=O)c2)cc(-c2ccc3ncsc3c2)n1. The van der Waals surface area contributed by atoms with Crippen LogP contribution in [0.15, 0.2) is 58.9 Å². The van der Waals surface area contributed by atoms with Gasteiger partial charge in [0.1, 0.15) is 11.6 Å². The number of fused-ring (bicyclic) bond motifs is 1. The van der Waals surface area contributed by atoms with Gasteiger partial charge in [0.05, 0.1) is 26.3 Å². The summed E-state index contributed by atoms with van der Waals surface area (Å²) in [6.07, 6.45) is 0. The minimum atomic E-state index is -3.75. The summed E-state index contributed by atoms with van der Waals surface area (Å²) in [6.45, 7) is 3.77. The Morgan fingerprint density at radius 3 is 2.72 bits per heavy atom. The molecule has 4 rings (SSSR count). The van der Waals surface area contributed by atoms with Crippen LogP contribution in [-0.4, -0.2) is 23.4 Å². The Morgan fingerprint density at radius 1 is 1.10 bits per heavy atom. The van der Waals surface area contributed by atoms with Crippen molar-refractivity contribution in [3.05, 3.63) is 65.4 Å². The van der Waals surface area contributed by atoms with Crippen LogP contribution >= 0.6 is 11.3 Å². The van der Waals surface area contributed by atoms with E-state index >= 15 is 0 Å². The summed E-state index contributed by atoms with van der Waals surface area (Å²) in [6, 6.07) is 14.3. The molecule has 3 N–H and O–H groups in total. The van der Waals surface area contributed by atoms with Crippen molar-refractivity contribution in [3.8, 4) is 11.3 Å². The monoisotopic (exact) mass is 425 g/mol. The molecule has 0 amide bonds. The third-order valence-electron chi connectivity index (χ3n) is 4.52. The van der Waals surface area contributed by atoms with Gasteiger partial charge in [-0.2, -0.15) is 0 Å². The molecule has 0 saturated heterocycles. The predicted molar refractivity (Wildman–Crippen MR) is 115 cm³/mol. The van der Waals surface area contributed by atoms with E-state index in [1.165, 1.54) is 6.07 Å². The molecule has 4 aromatic rings. The van der Waals surface area contributed by atoms with Crippen LogP contribution in [0.1, 0.15) is 24.4 Å². The number of nitrogens with zero attached hydrogens (tertiary/aromatic N) is 3. The van der Waals surface area contributed by atoms with Crippen molar-refractivity contribution in [1.29, 1.82) is 0 Å². The maximum absolute atomic E-state index is 11.6. The van der Waals surface area contributed by atoms with Gasteiger partial charge in [-0.1, -0.05) is 18.2 Å². The number of aromatic nitrogens is 3. The maximum atomic E-state index is 11.6. The van der Waals surface area contributed by atoms with Crippen LogP contribution in [0.5, 0.6) is 0 Å². The lowest BCUT2D eigenvalue weighted by atomic mass is 10.1. The fraction of sp³-hybridized carbons (Fsp3) is 0.150. The van der Waals surface area contributed by atoms with Crippen LogP contribution in [0.3, 0.4) is 0 Å². The summed E-state index contributed by atoms with van der Waals surface area (Å²) >= 11 is 1.59. The number of rotatable bonds is 5. The van der Waals surface area contributed by atoms with E-state index in [0.717, 1.165) is 27.0 Å². The van der Waals surface area contributed by atoms with Crippen molar-refractivity contribution in [1.82, 2.24) is 15.0 Å². The van der Waals surface area contributed by atoms with Crippen LogP contribution in [0.2, 0.25) is 0 Å². The van der Waals surface area contributed by atoms with Gasteiger partial charge in [0, 0.05) is 17.7 Å². The zero-order chi connectivity index (χ0) is 20.6. The van der Waals surface area contributed by atoms with Crippen molar-refractivity contribution in [2.24, 2.45) is 5.14 Å². The molecule has 29 heavy (non-hydrogen) atoms. The average Bonchev–Trinajstić information content (AvgIpc) is 3.14. The van der Waals surface area contributed by atoms with E-state index in [9.17, 15) is 8.42 Å². The number of hydrogen-bond donors (Lipinski definition) is 2. The molecule has 9 heteroatoms. The van der Waals surface area contributed by atoms with Crippen molar-refractivity contribution in [3.63, 3.8) is 0 Å². The van der Waals surface area contributed by atoms with Gasteiger partial charge in [-0.25, -0.2) is 28.5 Å². The smallest absolute Gasteiger partial charge is 0.238 e. The molecule has 2 heterocycles. The second-order valence-electron chi connectivity index (χ2n) is 6.70. The molecule has 2 aromatic carbocycles. The summed E-state index contributed by atoms with van der Waals surface area (Å²) < 4.78 is 24.3. The molecule has 1 unspecified atom stereocenters. The normalized spacial score (nSPS) is 12.8. The zero-order valence-electron chi connectivity index (χ0n) is 15.8. The third kappa shape index (κ3) is 4.26. The molecule has 0 fully saturated rings. The Bertz CT molecular complexity index is 1300. The van der Waals surface area contributed by atoms with Gasteiger partial charge in [-0.15, -0.1) is 11.3 Å². The number of benzene rings is 2. The standard InChI is InChI=1S/C20H19N5O2S2/c1-12(14-4-3-5-16(8-14)29(21,26)27)23-20-10-18(24-13(2)25-20)15-6-7-17-19(9-15)28-11-22-17/h3-12H,1-2H3,(H2,21,26,27)(H,23,24,25). The van der Waals surface area contributed by atoms with Crippen LogP contribution in [-0.2, 0) is 10.0 Å². The minimum absolute atomic E-state index is 0.0843. The molecule has 2 aromatic heterocycles. The van der Waals surface area contributed by atoms with Crippen LogP contribution in [0.25, 0.3) is 21.5 Å². The number of aryl methyl sites for hydroxylation is 1. The number of primary sulfonamides is 1. The highest BCUT2D eigenvalue weighted by molar-refractivity contribution is 7.89. The molecular weight excluding hydrogens is 406 g/mol. The second kappa shape index (κ2) is 7.51. The lowest BCUT2D eigenvalue weighted by Gasteiger charge is -2.16. The van der Waals surface area contributed by atoms with Crippen molar-refractivity contribution in [2.75, 3.05) is 5.32 Å². The number of hydrogen-bond acceptors (Lipinski definition) is 7. The first-order valence-corrected chi connectivity index (χ1v) is 11.3. The van der Waals surface area contributed by atoms with E-state index in [1.807, 2.05) is 43.6 Å². The summed E-state index contributed by atoms with van der Waals surface area (Å²) in [5.74, 6) is 1.30. The Hall–Kier alpha value is -2.88. The first kappa shape index (κ1) is 19.4. The molecule has 0 aliphatic rings. The average molecular weight is 426 g/mol. The molecule has 7 nitrogen and oxygen atoms in total. The Labute approximate surface area is 172 Å². The van der Waals surface area contributed by atoms with Crippen LogP contribution in [0.4, 0.5) is 5.82 Å². The first-order chi connectivity index (χ1) is 13.8. The van der Waals surface area contributed by atoms with Gasteiger partial charge in [0.25, 0.3) is 0 Å². The molecule has 0 saturated carbocycles. The summed E-state index contributed by atoms with van der Waals surface area (Å²) in [5, 5.41) is 8.57. The van der Waals surface area contributed by atoms with E-state index in [4.69, 9.17) is 5.14 Å². The Balaban J connectivity index is 1.64. The summed E-state index contributed by atoms with van der Waals surface area (Å²) in [7, 11) is -3.75. The van der Waals surface area contributed by atoms with Gasteiger partial charge in [-0.3, -0.25) is 0 Å². The van der Waals surface area contributed by atoms with Crippen molar-refractivity contribution >= 4 is 37.4 Å². The van der Waals surface area contributed by atoms with Gasteiger partial charge < -0.3 is 5.32 Å². The number of nitrogens with two attached hydrogens (primary N) is 1. The number of anilines is 1. The minimum Gasteiger partial charge on any atom is -0.363 e. The Morgan fingerprint density at radius 2 is 1.93 bits per heavy atom. The van der Waals surface area contributed by atoms with Gasteiger partial charge in [0.15, 0.2) is 0 Å². The van der Waals surface area contributed by atoms with E-state index in [1.54, 1.807) is 23.5 Å². The van der Waals surface area contributed by atoms with E-state index in [0.29, 0.717) is 11.6 Å². The summed E-state index contributed by atoms with van der Waals surface area (Å²) in [5.41, 5.74) is 5.37. The third-order valence-corrected chi connectivity index (χ3v) is 6.22. The highest BCUT2D eigenvalue weighted by atomic mass is 32.2. The molecule has 148 valence electrons. The van der Waals surface area contributed by atoms with E-state index in [2.05, 4.69) is 26.3 Å². The van der Waals surface area contributed by atoms with Gasteiger partial charge >= 0.3 is 0 Å². The lowest BCUT2D eigenvalue weighted by molar-refractivity contribution is 0.597. The molecule has 0 spiro atoms. The fourth-order valence-electron chi connectivity index (χ4n) is 3.07. The van der Waals surface area contributed by atoms with Crippen LogP contribution < -0.4 is 10.5 Å². The fourth-order valence-corrected chi connectivity index (χ4v) is 4.35. The van der Waals surface area contributed by atoms with Crippen molar-refractivity contribution < 1.29 is 8.42 Å². The van der Waals surface area contributed by atoms with Crippen LogP contribution in [0, 0.1) is 6.92 Å². The van der Waals surface area contributed by atoms with Gasteiger partial charge in [-0.05, 0) is 43.7 Å². The predicted octanol–water partition coefficient (Wildman–Crippen LogP) is 3.88. The number of thiazole rings is 1. The molecular formula is C20H19N5O2S2. The highest BCUT2D eigenvalue weighted by Crippen LogP contribution is 2.27. The first-order valence-electron chi connectivity index (χ1n) is 8.88. The number of nitrogens with one attached hydrogen (secondary N) is 1. The zero-order valence-corrected chi connectivity index (χ0v) is 17.5. The lowest BCUT2D eigenvalue weighted by Crippen LogP contribution is -2.14. The second-order valence-corrected chi connectivity index (χ2v) is 9.15. The Kier molecular flexibility index (Phi) is 5.03. The molecule has 0 aliphatic heterocycles. The maximum Gasteiger partial charge on any atom is 0.238 e. The van der Waals surface area contributed by atoms with E-state index < -0.39 is 10.0 Å². The van der Waals surface area contributed by atoms with E-state index in [-0.39, 0.29) is 10.9 Å². The van der Waals surface area contributed by atoms with Gasteiger partial charge in [0.2, 0.25) is 10.0 Å². The highest BCUT2D eigenvalue weighted by Gasteiger charge is 2.13. The molecule has 0 aliphatic carbocycles. The quantitative estimate of drug-likeness (QED) is 0.502. The summed E-state index contributed by atoms with van der Waals surface area (Å²) in [4.78, 5) is 13.4. The largest absolute Gasteiger partial charge is 0.363 e. The molecule has 1 atom stereocenters. The van der Waals surface area contributed by atoms with Crippen molar-refractivity contribution in [2.45, 2.75) is 24.8 Å². The number of sulfonamides is 1. The topological polar surface area (TPSA) is 111 Å². The molecule has 0 bridgehead atoms.